The van der Waals surface area contributed by atoms with Gasteiger partial charge in [0.15, 0.2) is 5.82 Å². The molecule has 2 atom stereocenters. The molecule has 0 radical (unpaired) electrons. The molecule has 202 valence electrons. The van der Waals surface area contributed by atoms with Gasteiger partial charge >= 0.3 is 12.1 Å². The smallest absolute Gasteiger partial charge is 0.410 e. The second-order valence-electron chi connectivity index (χ2n) is 11.6. The fourth-order valence-electron chi connectivity index (χ4n) is 5.95. The number of ether oxygens (including phenoxy) is 3. The minimum atomic E-state index is -0.486. The number of fused-ring (bicyclic) bond motifs is 3. The van der Waals surface area contributed by atoms with E-state index in [9.17, 15) is 4.79 Å². The third kappa shape index (κ3) is 4.66. The molecular formula is C28H36N6O4. The molecule has 10 nitrogen and oxygen atoms in total. The lowest BCUT2D eigenvalue weighted by molar-refractivity contribution is 0.0205. The highest BCUT2D eigenvalue weighted by Gasteiger charge is 2.40. The Labute approximate surface area is 222 Å². The van der Waals surface area contributed by atoms with E-state index in [-0.39, 0.29) is 12.2 Å². The first-order valence-corrected chi connectivity index (χ1v) is 13.5. The van der Waals surface area contributed by atoms with Gasteiger partial charge in [0.1, 0.15) is 11.4 Å². The number of piperidine rings is 1. The van der Waals surface area contributed by atoms with Crippen molar-refractivity contribution in [2.75, 3.05) is 38.3 Å². The quantitative estimate of drug-likeness (QED) is 0.505. The number of likely N-dealkylation sites (tertiary alicyclic amines) is 1. The average Bonchev–Trinajstić information content (AvgIpc) is 3.63. The first kappa shape index (κ1) is 24.9. The molecule has 5 heterocycles. The summed E-state index contributed by atoms with van der Waals surface area (Å²) in [5.74, 6) is 1.88. The predicted molar refractivity (Wildman–Crippen MR) is 143 cm³/mol. The lowest BCUT2D eigenvalue weighted by atomic mass is 9.86. The Hall–Kier alpha value is -3.40. The maximum absolute atomic E-state index is 12.5. The Morgan fingerprint density at radius 1 is 1.11 bits per heavy atom. The van der Waals surface area contributed by atoms with Crippen LogP contribution in [0.4, 0.5) is 10.6 Å². The molecule has 10 heteroatoms. The Morgan fingerprint density at radius 2 is 1.87 bits per heavy atom. The predicted octanol–water partition coefficient (Wildman–Crippen LogP) is 4.22. The van der Waals surface area contributed by atoms with Crippen molar-refractivity contribution in [1.82, 2.24) is 24.6 Å². The van der Waals surface area contributed by atoms with Crippen molar-refractivity contribution in [3.05, 3.63) is 35.5 Å². The van der Waals surface area contributed by atoms with E-state index in [1.807, 2.05) is 42.6 Å². The normalized spacial score (nSPS) is 21.9. The number of aryl methyl sites for hydroxylation is 1. The van der Waals surface area contributed by atoms with Crippen LogP contribution >= 0.6 is 0 Å². The summed E-state index contributed by atoms with van der Waals surface area (Å²) < 4.78 is 18.7. The monoisotopic (exact) mass is 520 g/mol. The molecule has 38 heavy (non-hydrogen) atoms. The zero-order valence-corrected chi connectivity index (χ0v) is 22.8. The first-order valence-electron chi connectivity index (χ1n) is 13.5. The van der Waals surface area contributed by atoms with E-state index in [1.54, 1.807) is 7.11 Å². The average molecular weight is 521 g/mol. The van der Waals surface area contributed by atoms with Crippen LogP contribution in [0.2, 0.25) is 0 Å². The molecule has 2 unspecified atom stereocenters. The van der Waals surface area contributed by atoms with E-state index in [1.165, 1.54) is 11.1 Å². The van der Waals surface area contributed by atoms with E-state index in [2.05, 4.69) is 33.9 Å². The Morgan fingerprint density at radius 3 is 2.53 bits per heavy atom. The summed E-state index contributed by atoms with van der Waals surface area (Å²) in [6.45, 7) is 10.8. The van der Waals surface area contributed by atoms with E-state index in [0.29, 0.717) is 36.9 Å². The topological polar surface area (TPSA) is 94.8 Å². The molecule has 2 aromatic heterocycles. The van der Waals surface area contributed by atoms with Crippen molar-refractivity contribution < 1.29 is 19.0 Å². The minimum Gasteiger partial charge on any atom is -0.467 e. The second kappa shape index (κ2) is 9.41. The van der Waals surface area contributed by atoms with Crippen LogP contribution in [-0.4, -0.2) is 81.8 Å². The Balaban J connectivity index is 1.28. The van der Waals surface area contributed by atoms with Gasteiger partial charge in [-0.2, -0.15) is 15.1 Å². The molecule has 3 saturated heterocycles. The van der Waals surface area contributed by atoms with Crippen LogP contribution < -0.4 is 9.64 Å². The van der Waals surface area contributed by atoms with Crippen molar-refractivity contribution in [2.45, 2.75) is 70.6 Å². The third-order valence-electron chi connectivity index (χ3n) is 7.82. The number of hydrogen-bond acceptors (Lipinski definition) is 8. The number of methoxy groups -OCH3 is 1. The van der Waals surface area contributed by atoms with Gasteiger partial charge in [-0.25, -0.2) is 9.48 Å². The molecule has 0 spiro atoms. The van der Waals surface area contributed by atoms with Crippen LogP contribution in [-0.2, 0) is 9.47 Å². The van der Waals surface area contributed by atoms with Gasteiger partial charge < -0.3 is 24.0 Å². The molecule has 1 amide bonds. The maximum Gasteiger partial charge on any atom is 0.410 e. The van der Waals surface area contributed by atoms with Crippen LogP contribution in [0.1, 0.15) is 57.1 Å². The zero-order chi connectivity index (χ0) is 26.6. The maximum atomic E-state index is 12.5. The molecule has 0 aliphatic carbocycles. The fourth-order valence-corrected chi connectivity index (χ4v) is 5.95. The molecule has 2 bridgehead atoms. The van der Waals surface area contributed by atoms with Crippen LogP contribution in [0.5, 0.6) is 6.01 Å². The van der Waals surface area contributed by atoms with Crippen molar-refractivity contribution >= 4 is 22.8 Å². The number of amides is 1. The summed E-state index contributed by atoms with van der Waals surface area (Å²) in [4.78, 5) is 26.0. The molecule has 6 rings (SSSR count). The van der Waals surface area contributed by atoms with Crippen molar-refractivity contribution in [3.8, 4) is 11.8 Å². The summed E-state index contributed by atoms with van der Waals surface area (Å²) in [6.07, 6.45) is 4.74. The number of benzene rings is 1. The Kier molecular flexibility index (Phi) is 6.17. The van der Waals surface area contributed by atoms with E-state index in [4.69, 9.17) is 19.3 Å². The lowest BCUT2D eigenvalue weighted by Gasteiger charge is -2.34. The highest BCUT2D eigenvalue weighted by Crippen LogP contribution is 2.35. The Bertz CT molecular complexity index is 1360. The molecule has 1 aromatic carbocycles. The lowest BCUT2D eigenvalue weighted by Crippen LogP contribution is -2.41. The van der Waals surface area contributed by atoms with Gasteiger partial charge in [0.2, 0.25) is 0 Å². The number of anilines is 1. The second-order valence-corrected chi connectivity index (χ2v) is 11.6. The highest BCUT2D eigenvalue weighted by molar-refractivity contribution is 5.82. The molecule has 3 aromatic rings. The minimum absolute atomic E-state index is 0.229. The van der Waals surface area contributed by atoms with E-state index in [0.717, 1.165) is 49.1 Å². The van der Waals surface area contributed by atoms with Crippen LogP contribution in [0.15, 0.2) is 24.4 Å². The van der Waals surface area contributed by atoms with E-state index >= 15 is 0 Å². The van der Waals surface area contributed by atoms with Crippen LogP contribution in [0.25, 0.3) is 16.7 Å². The SMILES string of the molecule is COc1nc(N2CC3CC2CO3)cc(-n2ncc3cc(C)c(C4CCN(C(=O)OC(C)(C)C)CC4)cc32)n1. The van der Waals surface area contributed by atoms with Crippen molar-refractivity contribution in [3.63, 3.8) is 0 Å². The number of aromatic nitrogens is 4. The molecule has 0 saturated carbocycles. The number of carbonyl (C=O) groups excluding carboxylic acids is 1. The molecule has 3 fully saturated rings. The fraction of sp³-hybridized carbons (Fsp3) is 0.571. The molecule has 3 aliphatic heterocycles. The number of carbonyl (C=O) groups is 1. The number of nitrogens with zero attached hydrogens (tertiary/aromatic N) is 6. The molecular weight excluding hydrogens is 484 g/mol. The number of hydrogen-bond donors (Lipinski definition) is 0. The van der Waals surface area contributed by atoms with Crippen molar-refractivity contribution in [1.29, 1.82) is 0 Å². The largest absolute Gasteiger partial charge is 0.467 e. The summed E-state index contributed by atoms with van der Waals surface area (Å²) >= 11 is 0. The van der Waals surface area contributed by atoms with Gasteiger partial charge in [-0.15, -0.1) is 0 Å². The number of morpholine rings is 1. The first-order chi connectivity index (χ1) is 18.2. The van der Waals surface area contributed by atoms with E-state index < -0.39 is 5.60 Å². The van der Waals surface area contributed by atoms with Gasteiger partial charge in [-0.1, -0.05) is 0 Å². The molecule has 3 aliphatic rings. The summed E-state index contributed by atoms with van der Waals surface area (Å²) in [6, 6.07) is 7.10. The standard InChI is InChI=1S/C28H36N6O4/c1-17-10-19-14-29-34(25-13-24(30-26(31-25)36-5)33-15-21-11-20(33)16-37-21)23(19)12-22(17)18-6-8-32(9-7-18)27(35)38-28(2,3)4/h10,12-14,18,20-21H,6-9,11,15-16H2,1-5H3. The molecule has 0 N–H and O–H groups in total. The van der Waals surface area contributed by atoms with Crippen LogP contribution in [0, 0.1) is 6.92 Å². The number of rotatable bonds is 4. The van der Waals surface area contributed by atoms with Gasteiger partial charge in [0, 0.05) is 31.1 Å². The third-order valence-corrected chi connectivity index (χ3v) is 7.82. The zero-order valence-electron chi connectivity index (χ0n) is 22.8. The summed E-state index contributed by atoms with van der Waals surface area (Å²) in [5.41, 5.74) is 3.04. The van der Waals surface area contributed by atoms with Gasteiger partial charge in [0.05, 0.1) is 37.6 Å². The van der Waals surface area contributed by atoms with Crippen molar-refractivity contribution in [2.24, 2.45) is 0 Å². The van der Waals surface area contributed by atoms with Gasteiger partial charge in [0.25, 0.3) is 0 Å². The highest BCUT2D eigenvalue weighted by atomic mass is 16.6. The summed E-state index contributed by atoms with van der Waals surface area (Å²) in [7, 11) is 1.59. The van der Waals surface area contributed by atoms with Gasteiger partial charge in [-0.05, 0) is 76.1 Å². The van der Waals surface area contributed by atoms with Crippen LogP contribution in [0.3, 0.4) is 0 Å². The van der Waals surface area contributed by atoms with Gasteiger partial charge in [-0.3, -0.25) is 0 Å². The summed E-state index contributed by atoms with van der Waals surface area (Å²) in [5, 5.41) is 5.77.